The molecule has 22 rings (SSSR count). The van der Waals surface area contributed by atoms with Gasteiger partial charge < -0.3 is 14.1 Å². The van der Waals surface area contributed by atoms with Crippen LogP contribution in [0.15, 0.2) is 437 Å². The minimum absolute atomic E-state index is 0. The first-order valence-corrected chi connectivity index (χ1v) is 39.7. The minimum atomic E-state index is 0. The number of hydrogen-bond donors (Lipinski definition) is 0. The maximum atomic E-state index is 4.95. The van der Waals surface area contributed by atoms with E-state index in [0.717, 1.165) is 50.4 Å². The van der Waals surface area contributed by atoms with E-state index in [-0.39, 0.29) is 20.1 Å². The van der Waals surface area contributed by atoms with Gasteiger partial charge in [0.15, 0.2) is 17.5 Å². The Balaban J connectivity index is 0.000000128. The number of para-hydroxylation sites is 2. The summed E-state index contributed by atoms with van der Waals surface area (Å²) in [5.74, 6) is 1.96. The maximum Gasteiger partial charge on any atom is 0.164 e. The molecule has 0 atom stereocenters. The van der Waals surface area contributed by atoms with Crippen molar-refractivity contribution >= 4 is 75.9 Å². The van der Waals surface area contributed by atoms with Gasteiger partial charge in [0, 0.05) is 81.5 Å². The summed E-state index contributed by atoms with van der Waals surface area (Å²) in [6, 6.07) is 156. The zero-order chi connectivity index (χ0) is 78.0. The van der Waals surface area contributed by atoms with E-state index in [9.17, 15) is 0 Å². The van der Waals surface area contributed by atoms with Crippen LogP contribution in [0.4, 0.5) is 0 Å². The van der Waals surface area contributed by atoms with Crippen LogP contribution in [0.3, 0.4) is 0 Å². The van der Waals surface area contributed by atoms with Gasteiger partial charge in [0.25, 0.3) is 0 Å². The molecule has 22 aromatic rings. The number of benzene rings is 18. The van der Waals surface area contributed by atoms with Crippen molar-refractivity contribution in [2.24, 2.45) is 0 Å². The molecule has 0 fully saturated rings. The van der Waals surface area contributed by atoms with Crippen LogP contribution in [-0.2, 0) is 20.1 Å². The Morgan fingerprint density at radius 2 is 0.559 bits per heavy atom. The standard InChI is InChI=1S/C48H32N2.C45H29N3.C18H14N.Ir/c1-3-12-33(13-4-1)35-22-26-39(27-23-35)49-45-20-9-7-18-41(45)43-31-37(24-28-47(43)49)38-25-29-48-44(32-38)42-19-8-10-21-46(42)50(48)40-17-11-16-36(30-40)34-14-5-2-6-15-34;1-3-13-30(14-4-1)43-46-44(31-15-5-2-6-16-31)48-45(47-43)36-20-12-19-34(28-36)32-17-11-18-33(27-32)35-25-26-41-39-23-8-7-21-37(39)38-22-9-10-24-40(38)42(41)29-35;1-14-12-18(16-10-6-3-7-11-16)19-13-17(14)15-8-4-2-5-9-15;/h1-32H;1-29H;2-10,12-13H,1H3;/q;;-1;. The van der Waals surface area contributed by atoms with E-state index in [1.807, 2.05) is 109 Å². The minimum Gasteiger partial charge on any atom is -0.309 e. The molecule has 0 unspecified atom stereocenters. The van der Waals surface area contributed by atoms with Crippen LogP contribution in [0, 0.1) is 13.0 Å². The second-order valence-electron chi connectivity index (χ2n) is 29.6. The van der Waals surface area contributed by atoms with Crippen molar-refractivity contribution in [1.82, 2.24) is 29.1 Å². The van der Waals surface area contributed by atoms with Gasteiger partial charge in [0.05, 0.1) is 22.1 Å². The van der Waals surface area contributed by atoms with Gasteiger partial charge in [-0.3, -0.25) is 0 Å². The number of aromatic nitrogens is 6. The molecule has 0 spiro atoms. The Kier molecular flexibility index (Phi) is 20.2. The number of aryl methyl sites for hydroxylation is 1. The van der Waals surface area contributed by atoms with E-state index in [2.05, 4.69) is 355 Å². The van der Waals surface area contributed by atoms with E-state index in [1.165, 1.54) is 137 Å². The van der Waals surface area contributed by atoms with Crippen LogP contribution in [0.2, 0.25) is 0 Å². The largest absolute Gasteiger partial charge is 0.309 e. The summed E-state index contributed by atoms with van der Waals surface area (Å²) in [5.41, 5.74) is 27.6. The number of rotatable bonds is 12. The second kappa shape index (κ2) is 32.6. The first kappa shape index (κ1) is 73.3. The van der Waals surface area contributed by atoms with Crippen LogP contribution in [0.5, 0.6) is 0 Å². The van der Waals surface area contributed by atoms with Crippen molar-refractivity contribution < 1.29 is 20.1 Å². The van der Waals surface area contributed by atoms with Crippen molar-refractivity contribution in [2.45, 2.75) is 6.92 Å². The van der Waals surface area contributed by atoms with Gasteiger partial charge in [-0.25, -0.2) is 15.0 Å². The molecule has 0 saturated carbocycles. The van der Waals surface area contributed by atoms with Gasteiger partial charge in [-0.15, -0.1) is 35.9 Å². The monoisotopic (exact) mass is 1680 g/mol. The maximum absolute atomic E-state index is 4.95. The van der Waals surface area contributed by atoms with Gasteiger partial charge in [0.1, 0.15) is 0 Å². The molecule has 18 aromatic carbocycles. The van der Waals surface area contributed by atoms with Crippen LogP contribution in [0.1, 0.15) is 5.56 Å². The average molecular weight is 1690 g/mol. The van der Waals surface area contributed by atoms with Crippen molar-refractivity contribution in [1.29, 1.82) is 0 Å². The third kappa shape index (κ3) is 14.4. The molecule has 0 aliphatic rings. The predicted molar refractivity (Wildman–Crippen MR) is 490 cm³/mol. The molecule has 0 N–H and O–H groups in total. The Hall–Kier alpha value is -14.9. The molecule has 0 bridgehead atoms. The molecular weight excluding hydrogens is 1610 g/mol. The third-order valence-corrected chi connectivity index (χ3v) is 22.4. The fraction of sp³-hybridized carbons (Fsp3) is 0.00901. The first-order valence-electron chi connectivity index (χ1n) is 39.7. The number of hydrogen-bond acceptors (Lipinski definition) is 4. The predicted octanol–water partition coefficient (Wildman–Crippen LogP) is 29.1. The molecule has 0 aliphatic heterocycles. The smallest absolute Gasteiger partial charge is 0.164 e. The van der Waals surface area contributed by atoms with Gasteiger partial charge in [-0.2, -0.15) is 0 Å². The zero-order valence-electron chi connectivity index (χ0n) is 64.6. The molecular formula is C111H75IrN6-. The van der Waals surface area contributed by atoms with E-state index in [4.69, 9.17) is 15.0 Å². The Labute approximate surface area is 699 Å². The summed E-state index contributed by atoms with van der Waals surface area (Å²) in [6.07, 6.45) is 1.95. The van der Waals surface area contributed by atoms with Gasteiger partial charge >= 0.3 is 0 Å². The molecule has 0 saturated heterocycles. The summed E-state index contributed by atoms with van der Waals surface area (Å²) >= 11 is 0. The third-order valence-electron chi connectivity index (χ3n) is 22.4. The molecule has 0 amide bonds. The van der Waals surface area contributed by atoms with Crippen LogP contribution in [0.25, 0.3) is 199 Å². The van der Waals surface area contributed by atoms with E-state index < -0.39 is 0 Å². The fourth-order valence-corrected chi connectivity index (χ4v) is 16.7. The number of pyridine rings is 1. The van der Waals surface area contributed by atoms with Crippen molar-refractivity contribution in [3.63, 3.8) is 0 Å². The van der Waals surface area contributed by atoms with E-state index in [1.54, 1.807) is 0 Å². The summed E-state index contributed by atoms with van der Waals surface area (Å²) in [4.78, 5) is 19.3. The van der Waals surface area contributed by atoms with E-state index >= 15 is 0 Å². The normalized spacial score (nSPS) is 11.2. The van der Waals surface area contributed by atoms with Crippen LogP contribution in [-0.4, -0.2) is 29.1 Å². The van der Waals surface area contributed by atoms with E-state index in [0.29, 0.717) is 17.5 Å². The number of nitrogens with zero attached hydrogens (tertiary/aromatic N) is 6. The topological polar surface area (TPSA) is 61.4 Å². The quantitative estimate of drug-likeness (QED) is 0.0903. The van der Waals surface area contributed by atoms with Crippen molar-refractivity contribution in [3.05, 3.63) is 449 Å². The van der Waals surface area contributed by atoms with Gasteiger partial charge in [-0.1, -0.05) is 328 Å². The van der Waals surface area contributed by atoms with Crippen molar-refractivity contribution in [2.75, 3.05) is 0 Å². The molecule has 6 nitrogen and oxygen atoms in total. The first-order chi connectivity index (χ1) is 57.9. The van der Waals surface area contributed by atoms with Crippen LogP contribution < -0.4 is 0 Å². The molecule has 1 radical (unpaired) electrons. The molecule has 559 valence electrons. The molecule has 0 aliphatic carbocycles. The number of fused-ring (bicyclic) bond motifs is 12. The molecule has 4 aromatic heterocycles. The summed E-state index contributed by atoms with van der Waals surface area (Å²) in [6.45, 7) is 2.12. The van der Waals surface area contributed by atoms with Gasteiger partial charge in [-0.05, 0) is 191 Å². The SMILES string of the molecule is Cc1cc(-c2[c-]cccc2)ncc1-c1ccccc1.[Ir].c1ccc(-c2ccc(-n3c4ccccc4c4cc(-c5ccc6c(c5)c5ccccc5n6-c5cccc(-c6ccccc6)c5)ccc43)cc2)cc1.c1ccc(-c2nc(-c3ccccc3)nc(-c3cccc(-c4cccc(-c5ccc6c7ccccc7c7ccccc7c6c5)c4)c3)n2)cc1. The second-order valence-corrected chi connectivity index (χ2v) is 29.6. The fourth-order valence-electron chi connectivity index (χ4n) is 16.7. The molecule has 7 heteroatoms. The average Bonchev–Trinajstić information content (AvgIpc) is 0.762. The van der Waals surface area contributed by atoms with Crippen molar-refractivity contribution in [3.8, 4) is 124 Å². The Bertz CT molecular complexity index is 7320. The van der Waals surface area contributed by atoms with Gasteiger partial charge in [0.2, 0.25) is 0 Å². The Morgan fingerprint density at radius 1 is 0.220 bits per heavy atom. The summed E-state index contributed by atoms with van der Waals surface area (Å²) in [7, 11) is 0. The zero-order valence-corrected chi connectivity index (χ0v) is 67.0. The molecule has 118 heavy (non-hydrogen) atoms. The summed E-state index contributed by atoms with van der Waals surface area (Å²) < 4.78 is 4.80. The summed E-state index contributed by atoms with van der Waals surface area (Å²) in [5, 5.41) is 12.7. The van der Waals surface area contributed by atoms with Crippen LogP contribution >= 0.6 is 0 Å². The molecule has 4 heterocycles. The Morgan fingerprint density at radius 3 is 1.06 bits per heavy atom.